The monoisotopic (exact) mass is 220 g/mol. The van der Waals surface area contributed by atoms with Crippen LogP contribution in [0.1, 0.15) is 39.1 Å². The van der Waals surface area contributed by atoms with E-state index in [1.807, 2.05) is 13.0 Å². The summed E-state index contributed by atoms with van der Waals surface area (Å²) in [6.07, 6.45) is 4.07. The summed E-state index contributed by atoms with van der Waals surface area (Å²) in [5.74, 6) is 0.433. The van der Waals surface area contributed by atoms with Crippen LogP contribution in [0.2, 0.25) is 0 Å². The van der Waals surface area contributed by atoms with Crippen LogP contribution >= 0.6 is 0 Å². The van der Waals surface area contributed by atoms with Gasteiger partial charge in [0.05, 0.1) is 12.1 Å². The van der Waals surface area contributed by atoms with Gasteiger partial charge in [-0.2, -0.15) is 5.26 Å². The van der Waals surface area contributed by atoms with E-state index < -0.39 is 5.41 Å². The number of aromatic nitrogens is 2. The van der Waals surface area contributed by atoms with Crippen LogP contribution in [0.4, 0.5) is 0 Å². The summed E-state index contributed by atoms with van der Waals surface area (Å²) in [7, 11) is 0. The third kappa shape index (κ3) is 2.60. The van der Waals surface area contributed by atoms with Crippen LogP contribution < -0.4 is 5.32 Å². The molecule has 86 valence electrons. The lowest BCUT2D eigenvalue weighted by atomic mass is 9.94. The second kappa shape index (κ2) is 4.79. The van der Waals surface area contributed by atoms with Gasteiger partial charge in [0.15, 0.2) is 0 Å². The lowest BCUT2D eigenvalue weighted by molar-refractivity contribution is -0.127. The third-order valence-electron chi connectivity index (χ3n) is 2.41. The minimum absolute atomic E-state index is 0.171. The van der Waals surface area contributed by atoms with Crippen molar-refractivity contribution in [1.29, 1.82) is 5.26 Å². The van der Waals surface area contributed by atoms with E-state index in [0.717, 1.165) is 6.42 Å². The summed E-state index contributed by atoms with van der Waals surface area (Å²) in [5, 5.41) is 11.7. The van der Waals surface area contributed by atoms with E-state index in [9.17, 15) is 4.79 Å². The molecule has 1 unspecified atom stereocenters. The number of nitrogens with one attached hydrogen (secondary N) is 2. The van der Waals surface area contributed by atoms with Crippen molar-refractivity contribution in [3.63, 3.8) is 0 Å². The van der Waals surface area contributed by atoms with E-state index in [2.05, 4.69) is 15.3 Å². The lowest BCUT2D eigenvalue weighted by Crippen LogP contribution is -2.38. The van der Waals surface area contributed by atoms with E-state index in [4.69, 9.17) is 5.26 Å². The average Bonchev–Trinajstić information content (AvgIpc) is 2.78. The Labute approximate surface area is 94.9 Å². The summed E-state index contributed by atoms with van der Waals surface area (Å²) in [6, 6.07) is 1.80. The van der Waals surface area contributed by atoms with Gasteiger partial charge >= 0.3 is 0 Å². The molecule has 0 aliphatic heterocycles. The van der Waals surface area contributed by atoms with Crippen molar-refractivity contribution in [1.82, 2.24) is 15.3 Å². The maximum atomic E-state index is 11.8. The van der Waals surface area contributed by atoms with Crippen LogP contribution in [0.15, 0.2) is 12.4 Å². The Balaban J connectivity index is 2.73. The van der Waals surface area contributed by atoms with E-state index in [1.54, 1.807) is 26.2 Å². The largest absolute Gasteiger partial charge is 0.347 e. The van der Waals surface area contributed by atoms with Crippen LogP contribution in [-0.2, 0) is 4.79 Å². The molecule has 0 saturated carbocycles. The Hall–Kier alpha value is -1.83. The van der Waals surface area contributed by atoms with Crippen LogP contribution in [0, 0.1) is 16.7 Å². The maximum Gasteiger partial charge on any atom is 0.240 e. The van der Waals surface area contributed by atoms with Gasteiger partial charge in [-0.25, -0.2) is 4.98 Å². The van der Waals surface area contributed by atoms with Crippen molar-refractivity contribution in [2.45, 2.75) is 33.2 Å². The molecule has 0 aliphatic rings. The molecule has 5 heteroatoms. The van der Waals surface area contributed by atoms with Gasteiger partial charge in [-0.15, -0.1) is 0 Å². The molecule has 16 heavy (non-hydrogen) atoms. The Bertz CT molecular complexity index is 389. The third-order valence-corrected chi connectivity index (χ3v) is 2.41. The van der Waals surface area contributed by atoms with E-state index in [0.29, 0.717) is 5.82 Å². The van der Waals surface area contributed by atoms with Gasteiger partial charge in [-0.1, -0.05) is 6.92 Å². The molecule has 0 saturated heterocycles. The van der Waals surface area contributed by atoms with Crippen LogP contribution in [0.25, 0.3) is 0 Å². The Morgan fingerprint density at radius 3 is 2.88 bits per heavy atom. The van der Waals surface area contributed by atoms with Gasteiger partial charge in [-0.3, -0.25) is 4.79 Å². The van der Waals surface area contributed by atoms with E-state index in [1.165, 1.54) is 0 Å². The number of aromatic amines is 1. The quantitative estimate of drug-likeness (QED) is 0.807. The van der Waals surface area contributed by atoms with Gasteiger partial charge in [0.2, 0.25) is 5.91 Å². The number of H-pyrrole nitrogens is 1. The summed E-state index contributed by atoms with van der Waals surface area (Å²) in [4.78, 5) is 18.8. The Kier molecular flexibility index (Phi) is 3.67. The molecule has 1 rings (SSSR count). The van der Waals surface area contributed by atoms with Crippen molar-refractivity contribution in [2.75, 3.05) is 0 Å². The van der Waals surface area contributed by atoms with Crippen molar-refractivity contribution in [3.05, 3.63) is 18.2 Å². The zero-order valence-corrected chi connectivity index (χ0v) is 9.74. The molecule has 0 spiro atoms. The second-order valence-electron chi connectivity index (χ2n) is 4.15. The zero-order chi connectivity index (χ0) is 12.2. The Morgan fingerprint density at radius 2 is 2.44 bits per heavy atom. The predicted molar refractivity (Wildman–Crippen MR) is 59.2 cm³/mol. The van der Waals surface area contributed by atoms with Gasteiger partial charge < -0.3 is 10.3 Å². The minimum Gasteiger partial charge on any atom is -0.347 e. The first-order valence-electron chi connectivity index (χ1n) is 5.22. The molecule has 2 N–H and O–H groups in total. The normalized spacial score (nSPS) is 12.9. The number of hydrogen-bond acceptors (Lipinski definition) is 3. The molecule has 5 nitrogen and oxygen atoms in total. The van der Waals surface area contributed by atoms with Crippen molar-refractivity contribution >= 4 is 5.91 Å². The lowest BCUT2D eigenvalue weighted by Gasteiger charge is -2.20. The summed E-state index contributed by atoms with van der Waals surface area (Å²) >= 11 is 0. The van der Waals surface area contributed by atoms with Gasteiger partial charge in [-0.05, 0) is 20.3 Å². The molecule has 0 fully saturated rings. The molecule has 1 heterocycles. The first-order chi connectivity index (χ1) is 7.51. The molecule has 1 aromatic rings. The topological polar surface area (TPSA) is 81.6 Å². The number of carbonyl (C=O) groups is 1. The molecular weight excluding hydrogens is 204 g/mol. The molecule has 0 aromatic carbocycles. The van der Waals surface area contributed by atoms with Gasteiger partial charge in [0, 0.05) is 12.4 Å². The zero-order valence-electron chi connectivity index (χ0n) is 9.74. The van der Waals surface area contributed by atoms with Gasteiger partial charge in [0.25, 0.3) is 0 Å². The number of amides is 1. The smallest absolute Gasteiger partial charge is 0.240 e. The highest BCUT2D eigenvalue weighted by molar-refractivity contribution is 5.84. The standard InChI is InChI=1S/C11H16N4O/c1-4-8(9-13-5-6-14-9)15-10(16)11(2,3)7-12/h5-6,8H,4H2,1-3H3,(H,13,14)(H,15,16). The molecule has 1 amide bonds. The van der Waals surface area contributed by atoms with Crippen molar-refractivity contribution in [2.24, 2.45) is 5.41 Å². The molecule has 1 atom stereocenters. The number of hydrogen-bond donors (Lipinski definition) is 2. The van der Waals surface area contributed by atoms with E-state index >= 15 is 0 Å². The maximum absolute atomic E-state index is 11.8. The van der Waals surface area contributed by atoms with Gasteiger partial charge in [0.1, 0.15) is 11.2 Å². The summed E-state index contributed by atoms with van der Waals surface area (Å²) in [6.45, 7) is 5.14. The fourth-order valence-electron chi connectivity index (χ4n) is 1.22. The fourth-order valence-corrected chi connectivity index (χ4v) is 1.22. The molecular formula is C11H16N4O. The summed E-state index contributed by atoms with van der Waals surface area (Å²) < 4.78 is 0. The van der Waals surface area contributed by atoms with E-state index in [-0.39, 0.29) is 11.9 Å². The summed E-state index contributed by atoms with van der Waals surface area (Å²) in [5.41, 5.74) is -1.01. The first-order valence-corrected chi connectivity index (χ1v) is 5.22. The second-order valence-corrected chi connectivity index (χ2v) is 4.15. The average molecular weight is 220 g/mol. The minimum atomic E-state index is -1.01. The SMILES string of the molecule is CCC(NC(=O)C(C)(C)C#N)c1ncc[nH]1. The van der Waals surface area contributed by atoms with Crippen LogP contribution in [0.3, 0.4) is 0 Å². The first kappa shape index (κ1) is 12.2. The number of nitrogens with zero attached hydrogens (tertiary/aromatic N) is 2. The van der Waals surface area contributed by atoms with Crippen LogP contribution in [-0.4, -0.2) is 15.9 Å². The van der Waals surface area contributed by atoms with Crippen molar-refractivity contribution in [3.8, 4) is 6.07 Å². The predicted octanol–water partition coefficient (Wildman–Crippen LogP) is 1.53. The number of carbonyl (C=O) groups excluding carboxylic acids is 1. The molecule has 0 aliphatic carbocycles. The molecule has 0 bridgehead atoms. The molecule has 1 aromatic heterocycles. The fraction of sp³-hybridized carbons (Fsp3) is 0.545. The number of imidazole rings is 1. The molecule has 0 radical (unpaired) electrons. The number of nitriles is 1. The Morgan fingerprint density at radius 1 is 1.75 bits per heavy atom. The van der Waals surface area contributed by atoms with Crippen LogP contribution in [0.5, 0.6) is 0 Å². The number of rotatable bonds is 4. The highest BCUT2D eigenvalue weighted by Crippen LogP contribution is 2.17. The van der Waals surface area contributed by atoms with Crippen molar-refractivity contribution < 1.29 is 4.79 Å². The highest BCUT2D eigenvalue weighted by atomic mass is 16.2. The highest BCUT2D eigenvalue weighted by Gasteiger charge is 2.29.